The molecule has 6 heteroatoms. The molecule has 0 aliphatic carbocycles. The lowest BCUT2D eigenvalue weighted by molar-refractivity contribution is 0.0278. The zero-order chi connectivity index (χ0) is 18.8. The van der Waals surface area contributed by atoms with Crippen LogP contribution in [0, 0.1) is 13.8 Å². The molecule has 1 amide bonds. The van der Waals surface area contributed by atoms with Crippen molar-refractivity contribution in [2.75, 3.05) is 6.54 Å². The van der Waals surface area contributed by atoms with E-state index in [0.717, 1.165) is 5.56 Å². The topological polar surface area (TPSA) is 75.4 Å². The average molecular weight is 343 g/mol. The fraction of sp³-hybridized carbons (Fsp3) is 0.421. The summed E-state index contributed by atoms with van der Waals surface area (Å²) < 4.78 is 1.18. The Hall–Kier alpha value is -2.47. The fourth-order valence-electron chi connectivity index (χ4n) is 2.73. The predicted octanol–water partition coefficient (Wildman–Crippen LogP) is 1.81. The van der Waals surface area contributed by atoms with Crippen molar-refractivity contribution in [3.63, 3.8) is 0 Å². The number of aryl methyl sites for hydroxylation is 2. The zero-order valence-electron chi connectivity index (χ0n) is 15.4. The molecular weight excluding hydrogens is 318 g/mol. The molecule has 0 saturated carbocycles. The van der Waals surface area contributed by atoms with Crippen LogP contribution >= 0.6 is 0 Å². The molecule has 0 spiro atoms. The molecule has 0 aliphatic rings. The Balaban J connectivity index is 2.47. The highest BCUT2D eigenvalue weighted by Crippen LogP contribution is 2.15. The molecule has 0 radical (unpaired) electrons. The minimum absolute atomic E-state index is 0.107. The number of benzene rings is 1. The minimum atomic E-state index is -1.08. The Bertz CT molecular complexity index is 820. The maximum absolute atomic E-state index is 13.1. The van der Waals surface area contributed by atoms with Gasteiger partial charge in [0.25, 0.3) is 11.5 Å². The van der Waals surface area contributed by atoms with Crippen molar-refractivity contribution in [2.24, 2.45) is 7.05 Å². The van der Waals surface area contributed by atoms with Crippen LogP contribution in [0.2, 0.25) is 0 Å². The van der Waals surface area contributed by atoms with Crippen molar-refractivity contribution in [1.29, 1.82) is 0 Å². The number of amides is 1. The summed E-state index contributed by atoms with van der Waals surface area (Å²) in [4.78, 5) is 27.2. The molecule has 0 aliphatic heterocycles. The van der Waals surface area contributed by atoms with Crippen LogP contribution in [0.1, 0.15) is 41.0 Å². The summed E-state index contributed by atoms with van der Waals surface area (Å²) in [5.74, 6) is -0.394. The van der Waals surface area contributed by atoms with E-state index in [1.807, 2.05) is 30.3 Å². The third-order valence-electron chi connectivity index (χ3n) is 4.02. The summed E-state index contributed by atoms with van der Waals surface area (Å²) in [5, 5.41) is 14.3. The van der Waals surface area contributed by atoms with Gasteiger partial charge in [-0.05, 0) is 38.8 Å². The first kappa shape index (κ1) is 18.9. The molecular formula is C19H25N3O3. The number of hydrogen-bond acceptors (Lipinski definition) is 4. The molecule has 6 nitrogen and oxygen atoms in total. The lowest BCUT2D eigenvalue weighted by Crippen LogP contribution is -2.44. The summed E-state index contributed by atoms with van der Waals surface area (Å²) in [6.07, 6.45) is 0. The molecule has 0 atom stereocenters. The molecule has 1 heterocycles. The van der Waals surface area contributed by atoms with Crippen molar-refractivity contribution in [1.82, 2.24) is 14.7 Å². The first-order chi connectivity index (χ1) is 11.6. The SMILES string of the molecule is Cc1nn(C)c(=O)c(C(=O)N(Cc2ccccc2)CC(C)(C)O)c1C. The first-order valence-electron chi connectivity index (χ1n) is 8.20. The van der Waals surface area contributed by atoms with Gasteiger partial charge < -0.3 is 10.0 Å². The lowest BCUT2D eigenvalue weighted by atomic mass is 10.0. The van der Waals surface area contributed by atoms with Gasteiger partial charge >= 0.3 is 0 Å². The summed E-state index contributed by atoms with van der Waals surface area (Å²) in [6, 6.07) is 9.50. The second-order valence-electron chi connectivity index (χ2n) is 6.97. The molecule has 1 aromatic carbocycles. The van der Waals surface area contributed by atoms with Crippen LogP contribution in [-0.4, -0.2) is 37.8 Å². The van der Waals surface area contributed by atoms with Crippen molar-refractivity contribution in [3.05, 3.63) is 63.1 Å². The lowest BCUT2D eigenvalue weighted by Gasteiger charge is -2.29. The van der Waals surface area contributed by atoms with Crippen LogP contribution in [-0.2, 0) is 13.6 Å². The first-order valence-corrected chi connectivity index (χ1v) is 8.20. The quantitative estimate of drug-likeness (QED) is 0.898. The highest BCUT2D eigenvalue weighted by atomic mass is 16.3. The number of rotatable bonds is 5. The summed E-state index contributed by atoms with van der Waals surface area (Å²) >= 11 is 0. The van der Waals surface area contributed by atoms with Crippen molar-refractivity contribution >= 4 is 5.91 Å². The van der Waals surface area contributed by atoms with Gasteiger partial charge in [0.15, 0.2) is 0 Å². The largest absolute Gasteiger partial charge is 0.389 e. The normalized spacial score (nSPS) is 11.4. The Morgan fingerprint density at radius 1 is 1.24 bits per heavy atom. The van der Waals surface area contributed by atoms with Gasteiger partial charge in [0.05, 0.1) is 11.3 Å². The van der Waals surface area contributed by atoms with Crippen molar-refractivity contribution in [2.45, 2.75) is 39.8 Å². The van der Waals surface area contributed by atoms with Crippen molar-refractivity contribution < 1.29 is 9.90 Å². The van der Waals surface area contributed by atoms with Gasteiger partial charge in [-0.15, -0.1) is 0 Å². The molecule has 2 aromatic rings. The standard InChI is InChI=1S/C19H25N3O3/c1-13-14(2)20-21(5)17(23)16(13)18(24)22(12-19(3,4)25)11-15-9-7-6-8-10-15/h6-10,25H,11-12H2,1-5H3. The third kappa shape index (κ3) is 4.54. The van der Waals surface area contributed by atoms with Gasteiger partial charge in [0.1, 0.15) is 5.56 Å². The maximum atomic E-state index is 13.1. The number of hydrogen-bond donors (Lipinski definition) is 1. The van der Waals surface area contributed by atoms with Crippen LogP contribution in [0.4, 0.5) is 0 Å². The molecule has 0 unspecified atom stereocenters. The van der Waals surface area contributed by atoms with E-state index >= 15 is 0 Å². The molecule has 0 saturated heterocycles. The predicted molar refractivity (Wildman–Crippen MR) is 96.4 cm³/mol. The van der Waals surface area contributed by atoms with Crippen LogP contribution in [0.5, 0.6) is 0 Å². The maximum Gasteiger partial charge on any atom is 0.279 e. The monoisotopic (exact) mass is 343 g/mol. The van der Waals surface area contributed by atoms with Gasteiger partial charge in [-0.1, -0.05) is 30.3 Å². The van der Waals surface area contributed by atoms with E-state index in [2.05, 4.69) is 5.10 Å². The Kier molecular flexibility index (Phi) is 5.42. The van der Waals surface area contributed by atoms with E-state index in [4.69, 9.17) is 0 Å². The number of carbonyl (C=O) groups is 1. The number of carbonyl (C=O) groups excluding carboxylic acids is 1. The van der Waals surface area contributed by atoms with Crippen molar-refractivity contribution in [3.8, 4) is 0 Å². The summed E-state index contributed by atoms with van der Waals surface area (Å²) in [7, 11) is 1.53. The second kappa shape index (κ2) is 7.19. The van der Waals surface area contributed by atoms with E-state index in [1.54, 1.807) is 27.7 Å². The van der Waals surface area contributed by atoms with Crippen LogP contribution in [0.15, 0.2) is 35.1 Å². The summed E-state index contributed by atoms with van der Waals surface area (Å²) in [6.45, 7) is 7.20. The van der Waals surface area contributed by atoms with Crippen LogP contribution < -0.4 is 5.56 Å². The Morgan fingerprint density at radius 2 is 1.84 bits per heavy atom. The smallest absolute Gasteiger partial charge is 0.279 e. The third-order valence-corrected chi connectivity index (χ3v) is 4.02. The minimum Gasteiger partial charge on any atom is -0.389 e. The molecule has 134 valence electrons. The number of aliphatic hydroxyl groups is 1. The van der Waals surface area contributed by atoms with E-state index in [9.17, 15) is 14.7 Å². The van der Waals surface area contributed by atoms with E-state index < -0.39 is 17.1 Å². The van der Waals surface area contributed by atoms with Gasteiger partial charge in [-0.25, -0.2) is 4.68 Å². The van der Waals surface area contributed by atoms with Gasteiger partial charge in [0.2, 0.25) is 0 Å². The van der Waals surface area contributed by atoms with Crippen LogP contribution in [0.3, 0.4) is 0 Å². The van der Waals surface area contributed by atoms with Crippen LogP contribution in [0.25, 0.3) is 0 Å². The number of nitrogens with zero attached hydrogens (tertiary/aromatic N) is 3. The average Bonchev–Trinajstić information content (AvgIpc) is 2.52. The van der Waals surface area contributed by atoms with E-state index in [0.29, 0.717) is 17.8 Å². The fourth-order valence-corrected chi connectivity index (χ4v) is 2.73. The van der Waals surface area contributed by atoms with Gasteiger partial charge in [-0.3, -0.25) is 9.59 Å². The second-order valence-corrected chi connectivity index (χ2v) is 6.97. The highest BCUT2D eigenvalue weighted by molar-refractivity contribution is 5.95. The summed E-state index contributed by atoms with van der Waals surface area (Å²) in [5.41, 5.74) is 0.735. The molecule has 2 rings (SSSR count). The number of aromatic nitrogens is 2. The molecule has 1 N–H and O–H groups in total. The highest BCUT2D eigenvalue weighted by Gasteiger charge is 2.27. The molecule has 0 bridgehead atoms. The van der Waals surface area contributed by atoms with Gasteiger partial charge in [0, 0.05) is 20.1 Å². The zero-order valence-corrected chi connectivity index (χ0v) is 15.4. The Morgan fingerprint density at radius 3 is 2.40 bits per heavy atom. The Labute approximate surface area is 147 Å². The van der Waals surface area contributed by atoms with E-state index in [1.165, 1.54) is 16.6 Å². The van der Waals surface area contributed by atoms with E-state index in [-0.39, 0.29) is 12.1 Å². The molecule has 0 fully saturated rings. The van der Waals surface area contributed by atoms with Gasteiger partial charge in [-0.2, -0.15) is 5.10 Å². The molecule has 25 heavy (non-hydrogen) atoms. The molecule has 1 aromatic heterocycles.